The minimum absolute atomic E-state index is 0.0580. The maximum Gasteiger partial charge on any atom is 0.277 e. The monoisotopic (exact) mass is 335 g/mol. The summed E-state index contributed by atoms with van der Waals surface area (Å²) in [6.45, 7) is 4.09. The van der Waals surface area contributed by atoms with Crippen LogP contribution in [0.4, 0.5) is 0 Å². The molecule has 5 rings (SSSR count). The molecule has 23 heavy (non-hydrogen) atoms. The molecule has 0 aliphatic heterocycles. The van der Waals surface area contributed by atoms with E-state index >= 15 is 0 Å². The summed E-state index contributed by atoms with van der Waals surface area (Å²) in [4.78, 5) is 12.5. The number of carbonyl (C=O) groups excluding carboxylic acids is 1. The van der Waals surface area contributed by atoms with Gasteiger partial charge in [0.15, 0.2) is 0 Å². The van der Waals surface area contributed by atoms with E-state index in [4.69, 9.17) is 4.42 Å². The number of aryl methyl sites for hydroxylation is 1. The van der Waals surface area contributed by atoms with Crippen LogP contribution >= 0.6 is 11.8 Å². The molecule has 1 heterocycles. The molecule has 1 aromatic rings. The van der Waals surface area contributed by atoms with E-state index < -0.39 is 0 Å². The molecule has 1 N–H and O–H groups in total. The standard InChI is InChI=1S/C17H25N3O2S/c1-3-16-5-12-4-13(6-16)8-17(7-12,10-16)18-14(21)9-23-15-20-19-11(2)22-15/h12-13H,3-10H2,1-2H3,(H,18,21)/t12-,13-,16?,17?/m1/s1. The Labute approximate surface area is 141 Å². The number of aromatic nitrogens is 2. The van der Waals surface area contributed by atoms with Crippen LogP contribution in [-0.2, 0) is 4.79 Å². The maximum absolute atomic E-state index is 12.5. The molecule has 1 amide bonds. The van der Waals surface area contributed by atoms with Gasteiger partial charge in [0.05, 0.1) is 5.75 Å². The van der Waals surface area contributed by atoms with Crippen LogP contribution in [0.15, 0.2) is 9.64 Å². The third-order valence-electron chi connectivity index (χ3n) is 6.17. The van der Waals surface area contributed by atoms with Crippen molar-refractivity contribution in [3.05, 3.63) is 5.89 Å². The van der Waals surface area contributed by atoms with Crippen molar-refractivity contribution in [3.63, 3.8) is 0 Å². The van der Waals surface area contributed by atoms with E-state index in [2.05, 4.69) is 22.4 Å². The predicted molar refractivity (Wildman–Crippen MR) is 88.0 cm³/mol. The average molecular weight is 335 g/mol. The first-order chi connectivity index (χ1) is 11.0. The van der Waals surface area contributed by atoms with Gasteiger partial charge >= 0.3 is 0 Å². The lowest BCUT2D eigenvalue weighted by molar-refractivity contribution is -0.129. The van der Waals surface area contributed by atoms with Crippen molar-refractivity contribution in [1.82, 2.24) is 15.5 Å². The Bertz CT molecular complexity index is 601. The SMILES string of the molecule is CCC12C[C@H]3C[C@H](C1)CC(NC(=O)CSc1nnc(C)o1)(C3)C2. The molecule has 0 unspecified atom stereocenters. The molecular formula is C17H25N3O2S. The van der Waals surface area contributed by atoms with Crippen LogP contribution in [-0.4, -0.2) is 27.4 Å². The number of carbonyl (C=O) groups is 1. The Morgan fingerprint density at radius 3 is 2.65 bits per heavy atom. The lowest BCUT2D eigenvalue weighted by Gasteiger charge is -2.62. The van der Waals surface area contributed by atoms with Gasteiger partial charge in [0.1, 0.15) is 0 Å². The zero-order valence-electron chi connectivity index (χ0n) is 13.9. The van der Waals surface area contributed by atoms with Crippen LogP contribution in [0.25, 0.3) is 0 Å². The molecule has 6 heteroatoms. The quantitative estimate of drug-likeness (QED) is 0.836. The number of thioether (sulfide) groups is 1. The lowest BCUT2D eigenvalue weighted by atomic mass is 9.46. The van der Waals surface area contributed by atoms with E-state index in [9.17, 15) is 4.79 Å². The molecule has 2 atom stereocenters. The molecule has 0 radical (unpaired) electrons. The van der Waals surface area contributed by atoms with Gasteiger partial charge in [0.25, 0.3) is 5.22 Å². The van der Waals surface area contributed by atoms with E-state index in [0.717, 1.165) is 11.8 Å². The predicted octanol–water partition coefficient (Wildman–Crippen LogP) is 3.34. The van der Waals surface area contributed by atoms with E-state index in [1.165, 1.54) is 56.7 Å². The smallest absolute Gasteiger partial charge is 0.277 e. The van der Waals surface area contributed by atoms with E-state index in [0.29, 0.717) is 22.3 Å². The summed E-state index contributed by atoms with van der Waals surface area (Å²) in [5.74, 6) is 2.65. The highest BCUT2D eigenvalue weighted by Gasteiger charge is 2.57. The lowest BCUT2D eigenvalue weighted by Crippen LogP contribution is -2.63. The minimum atomic E-state index is 0.0580. The molecule has 4 aliphatic carbocycles. The number of hydrogen-bond acceptors (Lipinski definition) is 5. The average Bonchev–Trinajstić information content (AvgIpc) is 2.89. The topological polar surface area (TPSA) is 68.0 Å². The Morgan fingerprint density at radius 1 is 1.30 bits per heavy atom. The van der Waals surface area contributed by atoms with Gasteiger partial charge in [-0.25, -0.2) is 0 Å². The number of nitrogens with zero attached hydrogens (tertiary/aromatic N) is 2. The molecule has 0 saturated heterocycles. The summed E-state index contributed by atoms with van der Waals surface area (Å²) in [7, 11) is 0. The summed E-state index contributed by atoms with van der Waals surface area (Å²) in [5, 5.41) is 11.6. The van der Waals surface area contributed by atoms with Gasteiger partial charge in [-0.05, 0) is 55.8 Å². The normalized spacial score (nSPS) is 38.0. The summed E-state index contributed by atoms with van der Waals surface area (Å²) in [6, 6.07) is 0. The first-order valence-electron chi connectivity index (χ1n) is 8.74. The van der Waals surface area contributed by atoms with Gasteiger partial charge in [-0.3, -0.25) is 4.79 Å². The fourth-order valence-corrected chi connectivity index (χ4v) is 6.41. The van der Waals surface area contributed by atoms with E-state index in [1.807, 2.05) is 0 Å². The van der Waals surface area contributed by atoms with Gasteiger partial charge in [-0.2, -0.15) is 0 Å². The molecule has 4 bridgehead atoms. The Balaban J connectivity index is 1.40. The molecule has 4 fully saturated rings. The Morgan fingerprint density at radius 2 is 2.04 bits per heavy atom. The van der Waals surface area contributed by atoms with Crippen LogP contribution in [0.1, 0.15) is 57.8 Å². The fraction of sp³-hybridized carbons (Fsp3) is 0.824. The summed E-state index contributed by atoms with van der Waals surface area (Å²) >= 11 is 1.33. The first kappa shape index (κ1) is 15.5. The molecule has 0 aromatic carbocycles. The van der Waals surface area contributed by atoms with Gasteiger partial charge in [-0.1, -0.05) is 25.1 Å². The zero-order chi connectivity index (χ0) is 16.1. The molecule has 126 valence electrons. The second-order valence-electron chi connectivity index (χ2n) is 8.02. The summed E-state index contributed by atoms with van der Waals surface area (Å²) < 4.78 is 5.32. The van der Waals surface area contributed by atoms with Gasteiger partial charge in [0, 0.05) is 12.5 Å². The third-order valence-corrected chi connectivity index (χ3v) is 6.99. The van der Waals surface area contributed by atoms with Crippen molar-refractivity contribution in [2.75, 3.05) is 5.75 Å². The second-order valence-corrected chi connectivity index (χ2v) is 8.95. The summed E-state index contributed by atoms with van der Waals surface area (Å²) in [6.07, 6.45) is 8.95. The largest absolute Gasteiger partial charge is 0.416 e. The number of rotatable bonds is 5. The van der Waals surface area contributed by atoms with Crippen molar-refractivity contribution in [2.45, 2.75) is 69.6 Å². The Kier molecular flexibility index (Phi) is 3.70. The molecular weight excluding hydrogens is 310 g/mol. The molecule has 0 spiro atoms. The van der Waals surface area contributed by atoms with Crippen LogP contribution < -0.4 is 5.32 Å². The van der Waals surface area contributed by atoms with Crippen molar-refractivity contribution >= 4 is 17.7 Å². The molecule has 4 saturated carbocycles. The number of nitrogens with one attached hydrogen (secondary N) is 1. The van der Waals surface area contributed by atoms with Crippen molar-refractivity contribution < 1.29 is 9.21 Å². The highest BCUT2D eigenvalue weighted by atomic mass is 32.2. The Hall–Kier alpha value is -1.04. The van der Waals surface area contributed by atoms with Gasteiger partial charge in [-0.15, -0.1) is 10.2 Å². The van der Waals surface area contributed by atoms with E-state index in [1.54, 1.807) is 6.92 Å². The zero-order valence-corrected chi connectivity index (χ0v) is 14.7. The van der Waals surface area contributed by atoms with Crippen molar-refractivity contribution in [2.24, 2.45) is 17.3 Å². The fourth-order valence-electron chi connectivity index (χ4n) is 5.81. The van der Waals surface area contributed by atoms with Gasteiger partial charge < -0.3 is 9.73 Å². The van der Waals surface area contributed by atoms with E-state index in [-0.39, 0.29) is 11.4 Å². The summed E-state index contributed by atoms with van der Waals surface area (Å²) in [5.41, 5.74) is 0.552. The first-order valence-corrected chi connectivity index (χ1v) is 9.72. The highest BCUT2D eigenvalue weighted by molar-refractivity contribution is 7.99. The maximum atomic E-state index is 12.5. The van der Waals surface area contributed by atoms with Crippen LogP contribution in [0.2, 0.25) is 0 Å². The molecule has 4 aliphatic rings. The minimum Gasteiger partial charge on any atom is -0.416 e. The van der Waals surface area contributed by atoms with Crippen molar-refractivity contribution in [3.8, 4) is 0 Å². The van der Waals surface area contributed by atoms with Crippen LogP contribution in [0, 0.1) is 24.2 Å². The molecule has 5 nitrogen and oxygen atoms in total. The van der Waals surface area contributed by atoms with Crippen LogP contribution in [0.3, 0.4) is 0 Å². The van der Waals surface area contributed by atoms with Gasteiger partial charge in [0.2, 0.25) is 11.8 Å². The highest BCUT2D eigenvalue weighted by Crippen LogP contribution is 2.62. The number of hydrogen-bond donors (Lipinski definition) is 1. The van der Waals surface area contributed by atoms with Crippen molar-refractivity contribution in [1.29, 1.82) is 0 Å². The van der Waals surface area contributed by atoms with Crippen LogP contribution in [0.5, 0.6) is 0 Å². The molecule has 1 aromatic heterocycles. The second kappa shape index (κ2) is 5.50. The number of amides is 1. The third kappa shape index (κ3) is 2.90.